The van der Waals surface area contributed by atoms with Gasteiger partial charge < -0.3 is 10.4 Å². The monoisotopic (exact) mass is 273 g/mol. The Morgan fingerprint density at radius 2 is 1.89 bits per heavy atom. The van der Waals surface area contributed by atoms with Gasteiger partial charge in [-0.05, 0) is 37.5 Å². The molecule has 19 heavy (non-hydrogen) atoms. The molecular weight excluding hydrogens is 255 g/mol. The molecule has 0 atom stereocenters. The minimum absolute atomic E-state index is 0.301. The summed E-state index contributed by atoms with van der Waals surface area (Å²) >= 11 is 0. The lowest BCUT2D eigenvalue weighted by atomic mass is 10.0. The van der Waals surface area contributed by atoms with Gasteiger partial charge in [0.1, 0.15) is 0 Å². The fourth-order valence-electron chi connectivity index (χ4n) is 2.46. The topological polar surface area (TPSA) is 32.3 Å². The third kappa shape index (κ3) is 3.41. The molecule has 1 aliphatic rings. The van der Waals surface area contributed by atoms with Gasteiger partial charge in [-0.1, -0.05) is 18.9 Å². The lowest BCUT2D eigenvalue weighted by molar-refractivity contribution is -0.137. The highest BCUT2D eigenvalue weighted by Crippen LogP contribution is 2.33. The first-order chi connectivity index (χ1) is 8.80. The first-order valence-corrected chi connectivity index (χ1v) is 6.44. The van der Waals surface area contributed by atoms with Crippen molar-refractivity contribution in [3.8, 4) is 0 Å². The molecule has 1 aliphatic carbocycles. The molecule has 0 amide bonds. The minimum atomic E-state index is -4.34. The number of hydrogen-bond acceptors (Lipinski definition) is 2. The highest BCUT2D eigenvalue weighted by Gasteiger charge is 2.32. The number of hydrogen-bond donors (Lipinski definition) is 2. The molecule has 0 aliphatic heterocycles. The van der Waals surface area contributed by atoms with Gasteiger partial charge in [-0.2, -0.15) is 13.2 Å². The third-order valence-corrected chi connectivity index (χ3v) is 3.71. The fourth-order valence-corrected chi connectivity index (χ4v) is 2.46. The fraction of sp³-hybridized carbons (Fsp3) is 0.571. The molecule has 0 unspecified atom stereocenters. The summed E-state index contributed by atoms with van der Waals surface area (Å²) in [5, 5.41) is 13.1. The van der Waals surface area contributed by atoms with Crippen LogP contribution < -0.4 is 5.32 Å². The summed E-state index contributed by atoms with van der Waals surface area (Å²) in [7, 11) is 0. The number of alkyl halides is 3. The zero-order valence-electron chi connectivity index (χ0n) is 10.8. The van der Waals surface area contributed by atoms with Gasteiger partial charge in [0.05, 0.1) is 11.2 Å². The van der Waals surface area contributed by atoms with Crippen molar-refractivity contribution in [3.05, 3.63) is 29.3 Å². The maximum atomic E-state index is 12.6. The van der Waals surface area contributed by atoms with Gasteiger partial charge in [0.2, 0.25) is 0 Å². The molecule has 1 saturated carbocycles. The SMILES string of the molecule is Cc1ccc(C(F)(F)F)cc1NCC1(O)CCCC1. The zero-order chi connectivity index (χ0) is 14.1. The van der Waals surface area contributed by atoms with Crippen LogP contribution in [0.1, 0.15) is 36.8 Å². The van der Waals surface area contributed by atoms with Crippen molar-refractivity contribution in [2.45, 2.75) is 44.4 Å². The van der Waals surface area contributed by atoms with E-state index in [-0.39, 0.29) is 0 Å². The van der Waals surface area contributed by atoms with Crippen molar-refractivity contribution in [1.82, 2.24) is 0 Å². The van der Waals surface area contributed by atoms with Crippen molar-refractivity contribution in [2.75, 3.05) is 11.9 Å². The summed E-state index contributed by atoms with van der Waals surface area (Å²) in [6.07, 6.45) is -0.982. The Kier molecular flexibility index (Phi) is 3.76. The van der Waals surface area contributed by atoms with E-state index in [1.54, 1.807) is 6.92 Å². The Bertz CT molecular complexity index is 450. The van der Waals surface area contributed by atoms with Gasteiger partial charge in [0, 0.05) is 12.2 Å². The number of halogens is 3. The molecule has 2 nitrogen and oxygen atoms in total. The molecule has 2 rings (SSSR count). The van der Waals surface area contributed by atoms with Gasteiger partial charge in [0.25, 0.3) is 0 Å². The number of benzene rings is 1. The minimum Gasteiger partial charge on any atom is -0.388 e. The van der Waals surface area contributed by atoms with E-state index in [4.69, 9.17) is 0 Å². The van der Waals surface area contributed by atoms with Crippen molar-refractivity contribution < 1.29 is 18.3 Å². The van der Waals surface area contributed by atoms with Crippen LogP contribution in [0.15, 0.2) is 18.2 Å². The van der Waals surface area contributed by atoms with Gasteiger partial charge in [-0.25, -0.2) is 0 Å². The Labute approximate surface area is 110 Å². The number of rotatable bonds is 3. The predicted octanol–water partition coefficient (Wildman–Crippen LogP) is 3.73. The Hall–Kier alpha value is -1.23. The van der Waals surface area contributed by atoms with Crippen LogP contribution in [0.3, 0.4) is 0 Å². The molecule has 1 aromatic carbocycles. The normalized spacial score (nSPS) is 18.6. The highest BCUT2D eigenvalue weighted by atomic mass is 19.4. The maximum absolute atomic E-state index is 12.6. The Morgan fingerprint density at radius 1 is 1.26 bits per heavy atom. The van der Waals surface area contributed by atoms with E-state index in [9.17, 15) is 18.3 Å². The number of anilines is 1. The number of nitrogens with one attached hydrogen (secondary N) is 1. The van der Waals surface area contributed by atoms with Crippen molar-refractivity contribution in [2.24, 2.45) is 0 Å². The predicted molar refractivity (Wildman–Crippen MR) is 68.1 cm³/mol. The highest BCUT2D eigenvalue weighted by molar-refractivity contribution is 5.53. The summed E-state index contributed by atoms with van der Waals surface area (Å²) in [6.45, 7) is 2.05. The zero-order valence-corrected chi connectivity index (χ0v) is 10.8. The molecule has 5 heteroatoms. The van der Waals surface area contributed by atoms with Crippen LogP contribution in [0.4, 0.5) is 18.9 Å². The van der Waals surface area contributed by atoms with Crippen molar-refractivity contribution in [3.63, 3.8) is 0 Å². The Balaban J connectivity index is 2.11. The quantitative estimate of drug-likeness (QED) is 0.879. The summed E-state index contributed by atoms with van der Waals surface area (Å²) in [5.41, 5.74) is -0.260. The second-order valence-corrected chi connectivity index (χ2v) is 5.31. The summed E-state index contributed by atoms with van der Waals surface area (Å²) in [6, 6.07) is 3.63. The van der Waals surface area contributed by atoms with Crippen molar-refractivity contribution >= 4 is 5.69 Å². The van der Waals surface area contributed by atoms with Crippen LogP contribution in [-0.4, -0.2) is 17.3 Å². The molecule has 0 saturated heterocycles. The number of aliphatic hydroxyl groups is 1. The van der Waals surface area contributed by atoms with Crippen LogP contribution in [0, 0.1) is 6.92 Å². The molecule has 0 radical (unpaired) electrons. The molecule has 0 heterocycles. The first kappa shape index (κ1) is 14.2. The third-order valence-electron chi connectivity index (χ3n) is 3.71. The summed E-state index contributed by atoms with van der Waals surface area (Å²) < 4.78 is 37.9. The smallest absolute Gasteiger partial charge is 0.388 e. The second kappa shape index (κ2) is 5.04. The average molecular weight is 273 g/mol. The van der Waals surface area contributed by atoms with Crippen LogP contribution in [0.2, 0.25) is 0 Å². The van der Waals surface area contributed by atoms with Crippen LogP contribution in [0.25, 0.3) is 0 Å². The standard InChI is InChI=1S/C14H18F3NO/c1-10-4-5-11(14(15,16)17)8-12(10)18-9-13(19)6-2-3-7-13/h4-5,8,18-19H,2-3,6-7,9H2,1H3. The van der Waals surface area contributed by atoms with E-state index < -0.39 is 17.3 Å². The van der Waals surface area contributed by atoms with Gasteiger partial charge in [-0.15, -0.1) is 0 Å². The maximum Gasteiger partial charge on any atom is 0.416 e. The summed E-state index contributed by atoms with van der Waals surface area (Å²) in [4.78, 5) is 0. The molecule has 106 valence electrons. The molecule has 1 aromatic rings. The van der Waals surface area contributed by atoms with E-state index in [0.717, 1.165) is 30.5 Å². The molecule has 0 bridgehead atoms. The lowest BCUT2D eigenvalue weighted by Crippen LogP contribution is -2.33. The average Bonchev–Trinajstić information content (AvgIpc) is 2.74. The van der Waals surface area contributed by atoms with Gasteiger partial charge in [0.15, 0.2) is 0 Å². The molecule has 0 aromatic heterocycles. The first-order valence-electron chi connectivity index (χ1n) is 6.44. The van der Waals surface area contributed by atoms with E-state index in [0.29, 0.717) is 25.1 Å². The lowest BCUT2D eigenvalue weighted by Gasteiger charge is -2.24. The largest absolute Gasteiger partial charge is 0.416 e. The summed E-state index contributed by atoms with van der Waals surface area (Å²) in [5.74, 6) is 0. The molecular formula is C14H18F3NO. The molecule has 0 spiro atoms. The van der Waals surface area contributed by atoms with E-state index in [1.807, 2.05) is 0 Å². The van der Waals surface area contributed by atoms with E-state index in [1.165, 1.54) is 6.07 Å². The molecule has 2 N–H and O–H groups in total. The number of aryl methyl sites for hydroxylation is 1. The van der Waals surface area contributed by atoms with Gasteiger partial charge >= 0.3 is 6.18 Å². The Morgan fingerprint density at radius 3 is 2.47 bits per heavy atom. The van der Waals surface area contributed by atoms with E-state index in [2.05, 4.69) is 5.32 Å². The van der Waals surface area contributed by atoms with Gasteiger partial charge in [-0.3, -0.25) is 0 Å². The van der Waals surface area contributed by atoms with Crippen LogP contribution >= 0.6 is 0 Å². The second-order valence-electron chi connectivity index (χ2n) is 5.31. The van der Waals surface area contributed by atoms with Crippen molar-refractivity contribution in [1.29, 1.82) is 0 Å². The molecule has 1 fully saturated rings. The van der Waals surface area contributed by atoms with Crippen LogP contribution in [-0.2, 0) is 6.18 Å². The van der Waals surface area contributed by atoms with E-state index >= 15 is 0 Å². The van der Waals surface area contributed by atoms with Crippen LogP contribution in [0.5, 0.6) is 0 Å².